The minimum absolute atomic E-state index is 0.184. The number of ether oxygens (including phenoxy) is 1. The number of anilines is 1. The molecule has 0 unspecified atom stereocenters. The highest BCUT2D eigenvalue weighted by molar-refractivity contribution is 8.00. The Bertz CT molecular complexity index is 787. The van der Waals surface area contributed by atoms with Gasteiger partial charge in [0, 0.05) is 7.11 Å². The van der Waals surface area contributed by atoms with Crippen LogP contribution in [-0.4, -0.2) is 48.9 Å². The zero-order chi connectivity index (χ0) is 15.4. The van der Waals surface area contributed by atoms with Crippen molar-refractivity contribution >= 4 is 45.3 Å². The molecule has 0 atom stereocenters. The molecule has 2 N–H and O–H groups in total. The van der Waals surface area contributed by atoms with Crippen LogP contribution in [0.3, 0.4) is 0 Å². The highest BCUT2D eigenvalue weighted by Gasteiger charge is 2.11. The molecule has 9 nitrogen and oxygen atoms in total. The molecular weight excluding hydrogens is 326 g/mol. The zero-order valence-corrected chi connectivity index (χ0v) is 13.1. The number of nitrogens with zero attached hydrogens (tertiary/aromatic N) is 5. The van der Waals surface area contributed by atoms with Crippen LogP contribution in [0.1, 0.15) is 5.01 Å². The Morgan fingerprint density at radius 3 is 3.18 bits per heavy atom. The summed E-state index contributed by atoms with van der Waals surface area (Å²) < 4.78 is 4.95. The van der Waals surface area contributed by atoms with E-state index in [4.69, 9.17) is 4.74 Å². The maximum atomic E-state index is 11.9. The van der Waals surface area contributed by atoms with Crippen molar-refractivity contribution in [2.75, 3.05) is 18.2 Å². The molecule has 3 rings (SSSR count). The van der Waals surface area contributed by atoms with Gasteiger partial charge in [0.25, 0.3) is 0 Å². The summed E-state index contributed by atoms with van der Waals surface area (Å²) in [5.41, 5.74) is 1.30. The van der Waals surface area contributed by atoms with Crippen LogP contribution < -0.4 is 5.32 Å². The number of amides is 1. The van der Waals surface area contributed by atoms with Gasteiger partial charge in [0.2, 0.25) is 11.0 Å². The van der Waals surface area contributed by atoms with Crippen molar-refractivity contribution in [1.82, 2.24) is 30.1 Å². The summed E-state index contributed by atoms with van der Waals surface area (Å²) in [5, 5.41) is 12.3. The number of hydrogen-bond acceptors (Lipinski definition) is 9. The molecule has 0 saturated carbocycles. The third-order valence-electron chi connectivity index (χ3n) is 2.51. The first-order chi connectivity index (χ1) is 10.8. The van der Waals surface area contributed by atoms with Crippen molar-refractivity contribution in [3.05, 3.63) is 17.7 Å². The smallest absolute Gasteiger partial charge is 0.236 e. The van der Waals surface area contributed by atoms with Gasteiger partial charge in [0.1, 0.15) is 28.5 Å². The van der Waals surface area contributed by atoms with Gasteiger partial charge in [-0.25, -0.2) is 15.0 Å². The predicted octanol–water partition coefficient (Wildman–Crippen LogP) is 1.08. The first-order valence-electron chi connectivity index (χ1n) is 6.14. The number of nitrogens with one attached hydrogen (secondary N) is 2. The molecule has 3 aromatic rings. The lowest BCUT2D eigenvalue weighted by Gasteiger charge is -2.01. The number of aromatic amines is 1. The van der Waals surface area contributed by atoms with Crippen LogP contribution in [-0.2, 0) is 16.1 Å². The van der Waals surface area contributed by atoms with E-state index < -0.39 is 0 Å². The Labute approximate surface area is 132 Å². The van der Waals surface area contributed by atoms with E-state index in [-0.39, 0.29) is 11.7 Å². The van der Waals surface area contributed by atoms with Gasteiger partial charge in [-0.05, 0) is 0 Å². The highest BCUT2D eigenvalue weighted by atomic mass is 32.2. The second-order valence-corrected chi connectivity index (χ2v) is 6.08. The molecular formula is C11H11N7O2S2. The van der Waals surface area contributed by atoms with E-state index in [1.54, 1.807) is 13.4 Å². The van der Waals surface area contributed by atoms with E-state index in [2.05, 4.69) is 35.5 Å². The van der Waals surface area contributed by atoms with Crippen LogP contribution in [0.15, 0.2) is 17.7 Å². The Morgan fingerprint density at radius 1 is 1.41 bits per heavy atom. The van der Waals surface area contributed by atoms with Crippen molar-refractivity contribution in [2.24, 2.45) is 0 Å². The van der Waals surface area contributed by atoms with Crippen LogP contribution in [0.2, 0.25) is 0 Å². The number of carbonyl (C=O) groups excluding carboxylic acids is 1. The largest absolute Gasteiger partial charge is 0.377 e. The minimum atomic E-state index is -0.184. The topological polar surface area (TPSA) is 119 Å². The van der Waals surface area contributed by atoms with Crippen molar-refractivity contribution in [3.63, 3.8) is 0 Å². The average molecular weight is 337 g/mol. The molecule has 3 heterocycles. The number of aromatic nitrogens is 6. The quantitative estimate of drug-likeness (QED) is 0.507. The molecule has 0 bridgehead atoms. The summed E-state index contributed by atoms with van der Waals surface area (Å²) in [6.45, 7) is 0.376. The number of hydrogen-bond donors (Lipinski definition) is 2. The maximum Gasteiger partial charge on any atom is 0.236 e. The zero-order valence-electron chi connectivity index (χ0n) is 11.4. The standard InChI is InChI=1S/C11H11N7O2S2/c1-20-2-7-17-18-11(22-7)16-6(19)3-21-10-8-9(13-4-12-8)14-5-15-10/h4-5H,2-3H2,1H3,(H,16,18,19)(H,12,13,14,15). The molecule has 1 amide bonds. The number of rotatable bonds is 6. The molecule has 0 saturated heterocycles. The molecule has 0 aromatic carbocycles. The first kappa shape index (κ1) is 14.8. The highest BCUT2D eigenvalue weighted by Crippen LogP contribution is 2.22. The molecule has 0 aliphatic carbocycles. The fourth-order valence-corrected chi connectivity index (χ4v) is 3.11. The summed E-state index contributed by atoms with van der Waals surface area (Å²) in [7, 11) is 1.58. The molecule has 0 fully saturated rings. The van der Waals surface area contributed by atoms with Gasteiger partial charge in [0.15, 0.2) is 5.65 Å². The van der Waals surface area contributed by atoms with Crippen molar-refractivity contribution in [1.29, 1.82) is 0 Å². The van der Waals surface area contributed by atoms with Gasteiger partial charge in [-0.2, -0.15) is 0 Å². The monoisotopic (exact) mass is 337 g/mol. The Morgan fingerprint density at radius 2 is 2.32 bits per heavy atom. The van der Waals surface area contributed by atoms with Gasteiger partial charge in [-0.15, -0.1) is 10.2 Å². The molecule has 0 radical (unpaired) electrons. The van der Waals surface area contributed by atoms with Gasteiger partial charge in [0.05, 0.1) is 12.1 Å². The van der Waals surface area contributed by atoms with Crippen LogP contribution in [0.25, 0.3) is 11.2 Å². The number of carbonyl (C=O) groups is 1. The van der Waals surface area contributed by atoms with Crippen molar-refractivity contribution in [2.45, 2.75) is 11.6 Å². The van der Waals surface area contributed by atoms with E-state index in [0.717, 1.165) is 5.52 Å². The predicted molar refractivity (Wildman–Crippen MR) is 81.7 cm³/mol. The average Bonchev–Trinajstić information content (AvgIpc) is 3.15. The van der Waals surface area contributed by atoms with E-state index in [0.29, 0.717) is 27.4 Å². The number of methoxy groups -OCH3 is 1. The maximum absolute atomic E-state index is 11.9. The number of thioether (sulfide) groups is 1. The van der Waals surface area contributed by atoms with E-state index in [9.17, 15) is 4.79 Å². The summed E-state index contributed by atoms with van der Waals surface area (Å²) in [6.07, 6.45) is 2.97. The summed E-state index contributed by atoms with van der Waals surface area (Å²) >= 11 is 2.58. The Balaban J connectivity index is 1.59. The van der Waals surface area contributed by atoms with E-state index >= 15 is 0 Å². The number of imidazole rings is 1. The Kier molecular flexibility index (Phi) is 4.56. The minimum Gasteiger partial charge on any atom is -0.377 e. The summed E-state index contributed by atoms with van der Waals surface area (Å²) in [6, 6.07) is 0. The lowest BCUT2D eigenvalue weighted by atomic mass is 10.6. The lowest BCUT2D eigenvalue weighted by molar-refractivity contribution is -0.113. The van der Waals surface area contributed by atoms with Gasteiger partial charge in [-0.3, -0.25) is 10.1 Å². The SMILES string of the molecule is COCc1nnc(NC(=O)CSc2ncnc3nc[nH]c23)s1. The van der Waals surface area contributed by atoms with E-state index in [1.165, 1.54) is 29.4 Å². The molecule has 11 heteroatoms. The molecule has 0 aliphatic rings. The van der Waals surface area contributed by atoms with Crippen LogP contribution >= 0.6 is 23.1 Å². The lowest BCUT2D eigenvalue weighted by Crippen LogP contribution is -2.14. The van der Waals surface area contributed by atoms with E-state index in [1.807, 2.05) is 0 Å². The molecule has 22 heavy (non-hydrogen) atoms. The summed E-state index contributed by atoms with van der Waals surface area (Å²) in [5.74, 6) is 0.0148. The first-order valence-corrected chi connectivity index (χ1v) is 7.94. The normalized spacial score (nSPS) is 11.0. The molecule has 0 aliphatic heterocycles. The number of fused-ring (bicyclic) bond motifs is 1. The molecule has 3 aromatic heterocycles. The summed E-state index contributed by atoms with van der Waals surface area (Å²) in [4.78, 5) is 27.1. The van der Waals surface area contributed by atoms with Crippen LogP contribution in [0, 0.1) is 0 Å². The van der Waals surface area contributed by atoms with Crippen molar-refractivity contribution in [3.8, 4) is 0 Å². The van der Waals surface area contributed by atoms with Crippen LogP contribution in [0.4, 0.5) is 5.13 Å². The fraction of sp³-hybridized carbons (Fsp3) is 0.273. The van der Waals surface area contributed by atoms with Gasteiger partial charge < -0.3 is 9.72 Å². The third kappa shape index (κ3) is 3.37. The van der Waals surface area contributed by atoms with Gasteiger partial charge in [-0.1, -0.05) is 23.1 Å². The van der Waals surface area contributed by atoms with Gasteiger partial charge >= 0.3 is 0 Å². The third-order valence-corrected chi connectivity index (χ3v) is 4.31. The molecule has 0 spiro atoms. The second-order valence-electron chi connectivity index (χ2n) is 4.05. The fourth-order valence-electron chi connectivity index (χ4n) is 1.63. The Hall–Kier alpha value is -2.11. The molecule has 114 valence electrons. The van der Waals surface area contributed by atoms with Crippen molar-refractivity contribution < 1.29 is 9.53 Å². The van der Waals surface area contributed by atoms with Crippen LogP contribution in [0.5, 0.6) is 0 Å². The number of H-pyrrole nitrogens is 1. The second kappa shape index (κ2) is 6.77.